The molecule has 0 aliphatic rings. The van der Waals surface area contributed by atoms with Gasteiger partial charge in [0.2, 0.25) is 0 Å². The maximum atomic E-state index is 11.9. The first-order valence-electron chi connectivity index (χ1n) is 5.46. The molecule has 1 aromatic carbocycles. The van der Waals surface area contributed by atoms with Crippen LogP contribution in [0.4, 0.5) is 23.7 Å². The van der Waals surface area contributed by atoms with Crippen LogP contribution in [0.1, 0.15) is 0 Å². The van der Waals surface area contributed by atoms with E-state index in [1.165, 1.54) is 12.1 Å². The van der Waals surface area contributed by atoms with Crippen molar-refractivity contribution in [3.8, 4) is 5.75 Å². The highest BCUT2D eigenvalue weighted by molar-refractivity contribution is 5.89. The van der Waals surface area contributed by atoms with Crippen molar-refractivity contribution in [2.75, 3.05) is 25.5 Å². The van der Waals surface area contributed by atoms with Gasteiger partial charge < -0.3 is 20.7 Å². The lowest BCUT2D eigenvalue weighted by molar-refractivity contribution is -0.274. The number of benzene rings is 1. The molecule has 0 radical (unpaired) electrons. The highest BCUT2D eigenvalue weighted by atomic mass is 19.4. The number of hydrogen-bond donors (Lipinski definition) is 3. The highest BCUT2D eigenvalue weighted by Gasteiger charge is 2.30. The predicted molar refractivity (Wildman–Crippen MR) is 64.1 cm³/mol. The zero-order valence-electron chi connectivity index (χ0n) is 10.2. The van der Waals surface area contributed by atoms with Crippen LogP contribution in [-0.2, 0) is 0 Å². The van der Waals surface area contributed by atoms with E-state index in [0.717, 1.165) is 12.1 Å². The number of urea groups is 1. The Kier molecular flexibility index (Phi) is 5.43. The third-order valence-corrected chi connectivity index (χ3v) is 2.01. The Morgan fingerprint density at radius 2 is 1.84 bits per heavy atom. The van der Waals surface area contributed by atoms with E-state index in [2.05, 4.69) is 20.7 Å². The Morgan fingerprint density at radius 3 is 2.37 bits per heavy atom. The summed E-state index contributed by atoms with van der Waals surface area (Å²) in [4.78, 5) is 11.3. The monoisotopic (exact) mass is 277 g/mol. The summed E-state index contributed by atoms with van der Waals surface area (Å²) in [5.74, 6) is -0.339. The average Bonchev–Trinajstić information content (AvgIpc) is 2.30. The number of amides is 2. The number of anilines is 1. The topological polar surface area (TPSA) is 62.4 Å². The third-order valence-electron chi connectivity index (χ3n) is 2.01. The van der Waals surface area contributed by atoms with Gasteiger partial charge >= 0.3 is 12.4 Å². The molecule has 0 aliphatic heterocycles. The molecule has 0 aromatic heterocycles. The van der Waals surface area contributed by atoms with Gasteiger partial charge in [-0.3, -0.25) is 0 Å². The van der Waals surface area contributed by atoms with Gasteiger partial charge in [-0.05, 0) is 31.3 Å². The van der Waals surface area contributed by atoms with Gasteiger partial charge in [0, 0.05) is 18.8 Å². The van der Waals surface area contributed by atoms with Crippen LogP contribution < -0.4 is 20.7 Å². The van der Waals surface area contributed by atoms with E-state index < -0.39 is 12.4 Å². The van der Waals surface area contributed by atoms with Gasteiger partial charge in [0.15, 0.2) is 0 Å². The van der Waals surface area contributed by atoms with Crippen LogP contribution in [0, 0.1) is 0 Å². The quantitative estimate of drug-likeness (QED) is 0.721. The largest absolute Gasteiger partial charge is 0.573 e. The highest BCUT2D eigenvalue weighted by Crippen LogP contribution is 2.23. The van der Waals surface area contributed by atoms with Gasteiger partial charge in [-0.2, -0.15) is 0 Å². The van der Waals surface area contributed by atoms with Crippen molar-refractivity contribution in [1.82, 2.24) is 10.6 Å². The van der Waals surface area contributed by atoms with Crippen molar-refractivity contribution < 1.29 is 22.7 Å². The van der Waals surface area contributed by atoms with Crippen LogP contribution >= 0.6 is 0 Å². The second-order valence-electron chi connectivity index (χ2n) is 3.56. The molecule has 0 heterocycles. The van der Waals surface area contributed by atoms with Crippen molar-refractivity contribution in [3.05, 3.63) is 24.3 Å². The second kappa shape index (κ2) is 6.83. The molecule has 0 saturated carbocycles. The Bertz CT molecular complexity index is 407. The van der Waals surface area contributed by atoms with Crippen molar-refractivity contribution in [2.24, 2.45) is 0 Å². The number of likely N-dealkylation sites (N-methyl/N-ethyl adjacent to an activating group) is 1. The molecule has 0 aliphatic carbocycles. The van der Waals surface area contributed by atoms with E-state index in [1.807, 2.05) is 0 Å². The third kappa shape index (κ3) is 6.51. The lowest BCUT2D eigenvalue weighted by Gasteiger charge is -2.10. The zero-order chi connectivity index (χ0) is 14.3. The molecule has 19 heavy (non-hydrogen) atoms. The first-order chi connectivity index (χ1) is 8.90. The fourth-order valence-electron chi connectivity index (χ4n) is 1.22. The predicted octanol–water partition coefficient (Wildman–Crippen LogP) is 1.93. The molecule has 0 fully saturated rings. The van der Waals surface area contributed by atoms with E-state index in [0.29, 0.717) is 18.8 Å². The van der Waals surface area contributed by atoms with Crippen LogP contribution in [0.2, 0.25) is 0 Å². The lowest BCUT2D eigenvalue weighted by Crippen LogP contribution is -2.33. The fraction of sp³-hybridized carbons (Fsp3) is 0.364. The SMILES string of the molecule is CNCCNC(=O)Nc1ccc(OC(F)(F)F)cc1. The molecule has 5 nitrogen and oxygen atoms in total. The van der Waals surface area contributed by atoms with Crippen molar-refractivity contribution >= 4 is 11.7 Å². The summed E-state index contributed by atoms with van der Waals surface area (Å²) in [6, 6.07) is 4.45. The second-order valence-corrected chi connectivity index (χ2v) is 3.56. The average molecular weight is 277 g/mol. The van der Waals surface area contributed by atoms with Gasteiger partial charge in [-0.1, -0.05) is 0 Å². The molecule has 3 N–H and O–H groups in total. The summed E-state index contributed by atoms with van der Waals surface area (Å²) in [6.07, 6.45) is -4.72. The van der Waals surface area contributed by atoms with Crippen molar-refractivity contribution in [1.29, 1.82) is 0 Å². The first kappa shape index (κ1) is 15.1. The minimum absolute atomic E-state index is 0.339. The normalized spacial score (nSPS) is 10.9. The van der Waals surface area contributed by atoms with E-state index in [-0.39, 0.29) is 5.75 Å². The van der Waals surface area contributed by atoms with Crippen LogP contribution in [-0.4, -0.2) is 32.5 Å². The first-order valence-corrected chi connectivity index (χ1v) is 5.46. The van der Waals surface area contributed by atoms with Crippen LogP contribution in [0.3, 0.4) is 0 Å². The van der Waals surface area contributed by atoms with Crippen LogP contribution in [0.5, 0.6) is 5.75 Å². The number of alkyl halides is 3. The summed E-state index contributed by atoms with van der Waals surface area (Å²) in [7, 11) is 1.75. The molecule has 8 heteroatoms. The molecule has 0 unspecified atom stereocenters. The molecule has 0 spiro atoms. The number of carbonyl (C=O) groups is 1. The minimum atomic E-state index is -4.72. The Balaban J connectivity index is 2.46. The van der Waals surface area contributed by atoms with Crippen molar-refractivity contribution in [3.63, 3.8) is 0 Å². The minimum Gasteiger partial charge on any atom is -0.406 e. The van der Waals surface area contributed by atoms with Crippen molar-refractivity contribution in [2.45, 2.75) is 6.36 Å². The summed E-state index contributed by atoms with van der Waals surface area (Å²) in [6.45, 7) is 1.06. The van der Waals surface area contributed by atoms with Crippen LogP contribution in [0.15, 0.2) is 24.3 Å². The van der Waals surface area contributed by atoms with Gasteiger partial charge in [0.05, 0.1) is 0 Å². The summed E-state index contributed by atoms with van der Waals surface area (Å²) >= 11 is 0. The van der Waals surface area contributed by atoms with Crippen LogP contribution in [0.25, 0.3) is 0 Å². The molecule has 1 rings (SSSR count). The molecular weight excluding hydrogens is 263 g/mol. The lowest BCUT2D eigenvalue weighted by atomic mass is 10.3. The van der Waals surface area contributed by atoms with E-state index in [9.17, 15) is 18.0 Å². The number of rotatable bonds is 5. The standard InChI is InChI=1S/C11H14F3N3O2/c1-15-6-7-16-10(18)17-8-2-4-9(5-3-8)19-11(12,13)14/h2-5,15H,6-7H2,1H3,(H2,16,17,18). The zero-order valence-corrected chi connectivity index (χ0v) is 10.2. The molecule has 2 amide bonds. The Hall–Kier alpha value is -1.96. The van der Waals surface area contributed by atoms with E-state index in [4.69, 9.17) is 0 Å². The molecule has 1 aromatic rings. The summed E-state index contributed by atoms with van der Waals surface area (Å²) in [5, 5.41) is 7.89. The Labute approximate surface area is 108 Å². The van der Waals surface area contributed by atoms with E-state index in [1.54, 1.807) is 7.05 Å². The molecule has 0 saturated heterocycles. The van der Waals surface area contributed by atoms with Gasteiger partial charge in [-0.25, -0.2) is 4.79 Å². The van der Waals surface area contributed by atoms with Gasteiger partial charge in [0.1, 0.15) is 5.75 Å². The number of ether oxygens (including phenoxy) is 1. The number of carbonyl (C=O) groups excluding carboxylic acids is 1. The maximum Gasteiger partial charge on any atom is 0.573 e. The number of hydrogen-bond acceptors (Lipinski definition) is 3. The Morgan fingerprint density at radius 1 is 1.21 bits per heavy atom. The molecule has 106 valence electrons. The number of nitrogens with one attached hydrogen (secondary N) is 3. The smallest absolute Gasteiger partial charge is 0.406 e. The summed E-state index contributed by atoms with van der Waals surface area (Å²) in [5.41, 5.74) is 0.372. The fourth-order valence-corrected chi connectivity index (χ4v) is 1.22. The maximum absolute atomic E-state index is 11.9. The molecule has 0 bridgehead atoms. The van der Waals surface area contributed by atoms with Gasteiger partial charge in [-0.15, -0.1) is 13.2 Å². The molecular formula is C11H14F3N3O2. The van der Waals surface area contributed by atoms with E-state index >= 15 is 0 Å². The summed E-state index contributed by atoms with van der Waals surface area (Å²) < 4.78 is 39.5. The number of halogens is 3. The molecule has 0 atom stereocenters. The van der Waals surface area contributed by atoms with Gasteiger partial charge in [0.25, 0.3) is 0 Å².